The molecule has 0 unspecified atom stereocenters. The van der Waals surface area contributed by atoms with E-state index >= 15 is 0 Å². The molecule has 4 N–H and O–H groups in total. The van der Waals surface area contributed by atoms with E-state index in [4.69, 9.17) is 16.2 Å². The lowest BCUT2D eigenvalue weighted by atomic mass is 9.87. The van der Waals surface area contributed by atoms with Crippen LogP contribution in [-0.2, 0) is 0 Å². The maximum absolute atomic E-state index is 13.9. The van der Waals surface area contributed by atoms with Crippen molar-refractivity contribution in [2.24, 2.45) is 21.5 Å². The molecule has 0 amide bonds. The normalized spacial score (nSPS) is 19.8. The molecule has 0 bridgehead atoms. The molecule has 2 aliphatic rings. The average Bonchev–Trinajstić information content (AvgIpc) is 2.54. The van der Waals surface area contributed by atoms with E-state index in [1.807, 2.05) is 0 Å². The van der Waals surface area contributed by atoms with Gasteiger partial charge in [-0.05, 0) is 37.8 Å². The molecule has 6 nitrogen and oxygen atoms in total. The summed E-state index contributed by atoms with van der Waals surface area (Å²) in [4.78, 5) is 10.0. The molecule has 1 fully saturated rings. The Morgan fingerprint density at radius 1 is 1.20 bits per heavy atom. The van der Waals surface area contributed by atoms with Gasteiger partial charge in [-0.3, -0.25) is 4.90 Å². The summed E-state index contributed by atoms with van der Waals surface area (Å²) in [5, 5.41) is 0. The van der Waals surface area contributed by atoms with Gasteiger partial charge in [0.25, 0.3) is 6.43 Å². The van der Waals surface area contributed by atoms with E-state index in [9.17, 15) is 13.2 Å². The summed E-state index contributed by atoms with van der Waals surface area (Å²) in [6, 6.07) is 3.64. The predicted octanol–water partition coefficient (Wildman–Crippen LogP) is 2.58. The SMILES string of the molecule is NC1=NC2(CCCCC2)N(c2cc(F)ccc2OCC(F)F)C(N)=N1. The molecule has 136 valence electrons. The summed E-state index contributed by atoms with van der Waals surface area (Å²) in [6.45, 7) is -0.804. The second-order valence-corrected chi connectivity index (χ2v) is 6.13. The van der Waals surface area contributed by atoms with Gasteiger partial charge in [0.2, 0.25) is 11.9 Å². The summed E-state index contributed by atoms with van der Waals surface area (Å²) < 4.78 is 44.2. The number of hydrogen-bond acceptors (Lipinski definition) is 6. The highest BCUT2D eigenvalue weighted by Crippen LogP contribution is 2.42. The Morgan fingerprint density at radius 2 is 1.92 bits per heavy atom. The number of aliphatic imine (C=N–C) groups is 2. The minimum absolute atomic E-state index is 0.0434. The van der Waals surface area contributed by atoms with Crippen LogP contribution in [0.25, 0.3) is 0 Å². The number of ether oxygens (including phenoxy) is 1. The number of nitrogens with two attached hydrogens (primary N) is 2. The first kappa shape index (κ1) is 17.4. The van der Waals surface area contributed by atoms with Crippen molar-refractivity contribution >= 4 is 17.6 Å². The monoisotopic (exact) mass is 355 g/mol. The first-order chi connectivity index (χ1) is 11.9. The molecule has 1 aliphatic heterocycles. The van der Waals surface area contributed by atoms with E-state index in [0.29, 0.717) is 12.8 Å². The number of guanidine groups is 2. The third kappa shape index (κ3) is 3.49. The van der Waals surface area contributed by atoms with Crippen LogP contribution in [0.1, 0.15) is 32.1 Å². The van der Waals surface area contributed by atoms with Crippen molar-refractivity contribution in [2.75, 3.05) is 11.5 Å². The Balaban J connectivity index is 2.06. The van der Waals surface area contributed by atoms with Crippen LogP contribution in [0, 0.1) is 5.82 Å². The molecule has 9 heteroatoms. The molecule has 1 spiro atoms. The molecule has 1 saturated carbocycles. The average molecular weight is 355 g/mol. The van der Waals surface area contributed by atoms with E-state index in [-0.39, 0.29) is 23.4 Å². The summed E-state index contributed by atoms with van der Waals surface area (Å²) >= 11 is 0. The quantitative estimate of drug-likeness (QED) is 0.869. The molecule has 0 radical (unpaired) electrons. The molecule has 0 aromatic heterocycles. The molecular formula is C16H20F3N5O. The number of benzene rings is 1. The Morgan fingerprint density at radius 3 is 2.60 bits per heavy atom. The minimum atomic E-state index is -2.65. The van der Waals surface area contributed by atoms with Crippen LogP contribution in [-0.4, -0.2) is 30.6 Å². The summed E-state index contributed by atoms with van der Waals surface area (Å²) in [6.07, 6.45) is 1.47. The van der Waals surface area contributed by atoms with E-state index in [1.54, 1.807) is 4.90 Å². The van der Waals surface area contributed by atoms with Crippen LogP contribution in [0.2, 0.25) is 0 Å². The van der Waals surface area contributed by atoms with Gasteiger partial charge >= 0.3 is 0 Å². The number of hydrogen-bond donors (Lipinski definition) is 2. The second-order valence-electron chi connectivity index (χ2n) is 6.13. The minimum Gasteiger partial charge on any atom is -0.485 e. The third-order valence-corrected chi connectivity index (χ3v) is 4.38. The van der Waals surface area contributed by atoms with Crippen molar-refractivity contribution in [1.82, 2.24) is 0 Å². The van der Waals surface area contributed by atoms with Crippen molar-refractivity contribution in [3.8, 4) is 5.75 Å². The molecule has 1 aromatic carbocycles. The zero-order valence-electron chi connectivity index (χ0n) is 13.6. The highest BCUT2D eigenvalue weighted by molar-refractivity contribution is 6.06. The van der Waals surface area contributed by atoms with Crippen LogP contribution in [0.4, 0.5) is 18.9 Å². The topological polar surface area (TPSA) is 89.2 Å². The maximum atomic E-state index is 13.9. The molecule has 25 heavy (non-hydrogen) atoms. The van der Waals surface area contributed by atoms with E-state index in [0.717, 1.165) is 25.3 Å². The van der Waals surface area contributed by atoms with Gasteiger partial charge in [-0.1, -0.05) is 6.42 Å². The Hall–Kier alpha value is -2.45. The molecular weight excluding hydrogens is 335 g/mol. The summed E-state index contributed by atoms with van der Waals surface area (Å²) in [5.74, 6) is -0.342. The van der Waals surface area contributed by atoms with Crippen molar-refractivity contribution in [2.45, 2.75) is 44.2 Å². The number of nitrogens with zero attached hydrogens (tertiary/aromatic N) is 3. The summed E-state index contributed by atoms with van der Waals surface area (Å²) in [7, 11) is 0. The fraction of sp³-hybridized carbons (Fsp3) is 0.500. The lowest BCUT2D eigenvalue weighted by Crippen LogP contribution is -2.58. The predicted molar refractivity (Wildman–Crippen MR) is 89.4 cm³/mol. The fourth-order valence-electron chi connectivity index (χ4n) is 3.41. The van der Waals surface area contributed by atoms with Gasteiger partial charge in [-0.15, -0.1) is 0 Å². The van der Waals surface area contributed by atoms with Gasteiger partial charge in [0.15, 0.2) is 0 Å². The zero-order valence-corrected chi connectivity index (χ0v) is 13.6. The first-order valence-corrected chi connectivity index (χ1v) is 8.11. The van der Waals surface area contributed by atoms with Gasteiger partial charge in [0, 0.05) is 6.07 Å². The van der Waals surface area contributed by atoms with Crippen molar-refractivity contribution in [1.29, 1.82) is 0 Å². The lowest BCUT2D eigenvalue weighted by molar-refractivity contribution is 0.0820. The zero-order chi connectivity index (χ0) is 18.0. The Kier molecular flexibility index (Phi) is 4.73. The second kappa shape index (κ2) is 6.81. The van der Waals surface area contributed by atoms with Gasteiger partial charge < -0.3 is 16.2 Å². The number of rotatable bonds is 4. The Labute approximate surface area is 143 Å². The summed E-state index contributed by atoms with van der Waals surface area (Å²) in [5.41, 5.74) is 11.3. The highest BCUT2D eigenvalue weighted by Gasteiger charge is 2.43. The van der Waals surface area contributed by atoms with Crippen LogP contribution in [0.15, 0.2) is 28.2 Å². The lowest BCUT2D eigenvalue weighted by Gasteiger charge is -2.45. The van der Waals surface area contributed by atoms with Gasteiger partial charge in [0.1, 0.15) is 23.8 Å². The van der Waals surface area contributed by atoms with E-state index in [1.165, 1.54) is 12.1 Å². The van der Waals surface area contributed by atoms with Crippen LogP contribution in [0.5, 0.6) is 5.75 Å². The van der Waals surface area contributed by atoms with E-state index in [2.05, 4.69) is 9.98 Å². The van der Waals surface area contributed by atoms with Gasteiger partial charge in [0.05, 0.1) is 5.69 Å². The van der Waals surface area contributed by atoms with Crippen molar-refractivity contribution in [3.05, 3.63) is 24.0 Å². The molecule has 0 saturated heterocycles. The standard InChI is InChI=1S/C16H20F3N5O/c17-10-4-5-12(25-9-13(18)19)11(8-10)24-15(21)22-14(20)23-16(24)6-2-1-3-7-16/h4-5,8,13H,1-3,6-7,9H2,(H4,20,21,22,23). The first-order valence-electron chi connectivity index (χ1n) is 8.11. The molecule has 1 aromatic rings. The van der Waals surface area contributed by atoms with Gasteiger partial charge in [-0.2, -0.15) is 4.99 Å². The van der Waals surface area contributed by atoms with Crippen LogP contribution >= 0.6 is 0 Å². The third-order valence-electron chi connectivity index (χ3n) is 4.38. The highest BCUT2D eigenvalue weighted by atomic mass is 19.3. The molecule has 3 rings (SSSR count). The Bertz CT molecular complexity index is 701. The van der Waals surface area contributed by atoms with Crippen molar-refractivity contribution in [3.63, 3.8) is 0 Å². The number of alkyl halides is 2. The van der Waals surface area contributed by atoms with Gasteiger partial charge in [-0.25, -0.2) is 18.2 Å². The van der Waals surface area contributed by atoms with E-state index < -0.39 is 24.5 Å². The van der Waals surface area contributed by atoms with Crippen LogP contribution < -0.4 is 21.1 Å². The fourth-order valence-corrected chi connectivity index (χ4v) is 3.41. The molecule has 1 aliphatic carbocycles. The van der Waals surface area contributed by atoms with Crippen molar-refractivity contribution < 1.29 is 17.9 Å². The smallest absolute Gasteiger partial charge is 0.272 e. The van der Waals surface area contributed by atoms with Crippen LogP contribution in [0.3, 0.4) is 0 Å². The maximum Gasteiger partial charge on any atom is 0.272 e. The molecule has 1 heterocycles. The number of anilines is 1. The largest absolute Gasteiger partial charge is 0.485 e. The molecule has 0 atom stereocenters. The number of halogens is 3.